The van der Waals surface area contributed by atoms with Crippen LogP contribution in [0.25, 0.3) is 11.1 Å². The van der Waals surface area contributed by atoms with E-state index >= 15 is 0 Å². The number of nitrogens with zero attached hydrogens (tertiary/aromatic N) is 1. The number of aryl methyl sites for hydroxylation is 1. The van der Waals surface area contributed by atoms with Crippen molar-refractivity contribution in [3.8, 4) is 22.9 Å². The number of ether oxygens (including phenoxy) is 1. The summed E-state index contributed by atoms with van der Waals surface area (Å²) in [6.45, 7) is 3.80. The van der Waals surface area contributed by atoms with Crippen LogP contribution in [0, 0.1) is 25.2 Å². The van der Waals surface area contributed by atoms with E-state index < -0.39 is 12.1 Å². The van der Waals surface area contributed by atoms with Gasteiger partial charge < -0.3 is 4.74 Å². The molecule has 0 saturated heterocycles. The lowest BCUT2D eigenvalue weighted by molar-refractivity contribution is -0.274. The zero-order valence-corrected chi connectivity index (χ0v) is 11.5. The zero-order valence-electron chi connectivity index (χ0n) is 11.5. The normalized spacial score (nSPS) is 11.0. The molecule has 2 aromatic rings. The van der Waals surface area contributed by atoms with E-state index in [1.165, 1.54) is 6.07 Å². The summed E-state index contributed by atoms with van der Waals surface area (Å²) in [6, 6.07) is 11.3. The minimum atomic E-state index is -4.78. The first-order chi connectivity index (χ1) is 9.80. The quantitative estimate of drug-likeness (QED) is 0.800. The SMILES string of the molecule is Cc1cccc(-c2cc(C#N)cc(OC(F)(F)F)c2)c1C. The topological polar surface area (TPSA) is 33.0 Å². The summed E-state index contributed by atoms with van der Waals surface area (Å²) in [6.07, 6.45) is -4.78. The van der Waals surface area contributed by atoms with Crippen LogP contribution >= 0.6 is 0 Å². The molecule has 2 aromatic carbocycles. The van der Waals surface area contributed by atoms with Crippen molar-refractivity contribution in [2.45, 2.75) is 20.2 Å². The summed E-state index contributed by atoms with van der Waals surface area (Å²) in [5, 5.41) is 8.97. The molecule has 0 aliphatic heterocycles. The molecular weight excluding hydrogens is 279 g/mol. The van der Waals surface area contributed by atoms with E-state index in [1.54, 1.807) is 12.1 Å². The van der Waals surface area contributed by atoms with E-state index in [0.717, 1.165) is 22.8 Å². The van der Waals surface area contributed by atoms with Crippen LogP contribution in [-0.4, -0.2) is 6.36 Å². The van der Waals surface area contributed by atoms with E-state index in [4.69, 9.17) is 5.26 Å². The van der Waals surface area contributed by atoms with Gasteiger partial charge in [0.25, 0.3) is 0 Å². The molecule has 0 aliphatic rings. The molecule has 0 bridgehead atoms. The first-order valence-corrected chi connectivity index (χ1v) is 6.17. The molecule has 108 valence electrons. The summed E-state index contributed by atoms with van der Waals surface area (Å²) >= 11 is 0. The molecule has 0 unspecified atom stereocenters. The highest BCUT2D eigenvalue weighted by atomic mass is 19.4. The lowest BCUT2D eigenvalue weighted by Gasteiger charge is -2.13. The predicted octanol–water partition coefficient (Wildman–Crippen LogP) is 4.74. The van der Waals surface area contributed by atoms with E-state index in [-0.39, 0.29) is 5.56 Å². The average Bonchev–Trinajstić information content (AvgIpc) is 2.39. The summed E-state index contributed by atoms with van der Waals surface area (Å²) in [4.78, 5) is 0. The molecule has 0 radical (unpaired) electrons. The predicted molar refractivity (Wildman–Crippen MR) is 72.8 cm³/mol. The Labute approximate surface area is 120 Å². The van der Waals surface area contributed by atoms with Crippen molar-refractivity contribution < 1.29 is 17.9 Å². The molecule has 0 spiro atoms. The highest BCUT2D eigenvalue weighted by Gasteiger charge is 2.31. The van der Waals surface area contributed by atoms with Crippen LogP contribution in [0.1, 0.15) is 16.7 Å². The minimum Gasteiger partial charge on any atom is -0.406 e. The first-order valence-electron chi connectivity index (χ1n) is 6.17. The molecule has 0 saturated carbocycles. The number of hydrogen-bond donors (Lipinski definition) is 0. The molecule has 0 fully saturated rings. The maximum absolute atomic E-state index is 12.3. The van der Waals surface area contributed by atoms with Crippen LogP contribution in [-0.2, 0) is 0 Å². The highest BCUT2D eigenvalue weighted by Crippen LogP contribution is 2.32. The van der Waals surface area contributed by atoms with Crippen LogP contribution in [0.3, 0.4) is 0 Å². The van der Waals surface area contributed by atoms with Crippen molar-refractivity contribution in [2.75, 3.05) is 0 Å². The standard InChI is InChI=1S/C16H12F3NO/c1-10-4-3-5-15(11(10)2)13-6-12(9-20)7-14(8-13)21-16(17,18)19/h3-8H,1-2H3. The van der Waals surface area contributed by atoms with Crippen molar-refractivity contribution in [3.63, 3.8) is 0 Å². The van der Waals surface area contributed by atoms with Crippen molar-refractivity contribution in [3.05, 3.63) is 53.1 Å². The van der Waals surface area contributed by atoms with Gasteiger partial charge in [-0.15, -0.1) is 13.2 Å². The van der Waals surface area contributed by atoms with Crippen LogP contribution in [0.15, 0.2) is 36.4 Å². The number of halogens is 3. The molecule has 0 aromatic heterocycles. The molecular formula is C16H12F3NO. The van der Waals surface area contributed by atoms with Gasteiger partial charge in [0.15, 0.2) is 0 Å². The molecule has 0 N–H and O–H groups in total. The van der Waals surface area contributed by atoms with Crippen molar-refractivity contribution in [1.82, 2.24) is 0 Å². The number of hydrogen-bond acceptors (Lipinski definition) is 2. The third-order valence-corrected chi connectivity index (χ3v) is 3.18. The van der Waals surface area contributed by atoms with Gasteiger partial charge in [-0.2, -0.15) is 5.26 Å². The maximum atomic E-state index is 12.3. The van der Waals surface area contributed by atoms with E-state index in [1.807, 2.05) is 32.0 Å². The number of benzene rings is 2. The molecule has 21 heavy (non-hydrogen) atoms. The lowest BCUT2D eigenvalue weighted by atomic mass is 9.96. The summed E-state index contributed by atoms with van der Waals surface area (Å²) < 4.78 is 41.0. The second-order valence-electron chi connectivity index (χ2n) is 4.65. The molecule has 2 nitrogen and oxygen atoms in total. The van der Waals surface area contributed by atoms with Gasteiger partial charge >= 0.3 is 6.36 Å². The van der Waals surface area contributed by atoms with E-state index in [2.05, 4.69) is 4.74 Å². The van der Waals surface area contributed by atoms with E-state index in [9.17, 15) is 13.2 Å². The number of nitriles is 1. The fourth-order valence-electron chi connectivity index (χ4n) is 2.08. The molecule has 0 aliphatic carbocycles. The molecule has 0 amide bonds. The Balaban J connectivity index is 2.56. The third-order valence-electron chi connectivity index (χ3n) is 3.18. The summed E-state index contributed by atoms with van der Waals surface area (Å²) in [5.41, 5.74) is 3.39. The molecule has 2 rings (SSSR count). The third kappa shape index (κ3) is 3.54. The fraction of sp³-hybridized carbons (Fsp3) is 0.188. The van der Waals surface area contributed by atoms with Crippen LogP contribution < -0.4 is 4.74 Å². The minimum absolute atomic E-state index is 0.118. The van der Waals surface area contributed by atoms with E-state index in [0.29, 0.717) is 5.56 Å². The van der Waals surface area contributed by atoms with Gasteiger partial charge in [-0.25, -0.2) is 0 Å². The smallest absolute Gasteiger partial charge is 0.406 e. The Morgan fingerprint density at radius 1 is 1.10 bits per heavy atom. The Morgan fingerprint density at radius 3 is 2.43 bits per heavy atom. The maximum Gasteiger partial charge on any atom is 0.573 e. The van der Waals surface area contributed by atoms with Gasteiger partial charge in [-0.05, 0) is 54.3 Å². The van der Waals surface area contributed by atoms with Gasteiger partial charge in [0, 0.05) is 0 Å². The van der Waals surface area contributed by atoms with Gasteiger partial charge in [0.2, 0.25) is 0 Å². The molecule has 0 heterocycles. The van der Waals surface area contributed by atoms with Crippen LogP contribution in [0.2, 0.25) is 0 Å². The average molecular weight is 291 g/mol. The van der Waals surface area contributed by atoms with Crippen molar-refractivity contribution in [2.24, 2.45) is 0 Å². The lowest BCUT2D eigenvalue weighted by Crippen LogP contribution is -2.17. The van der Waals surface area contributed by atoms with Crippen molar-refractivity contribution in [1.29, 1.82) is 5.26 Å². The van der Waals surface area contributed by atoms with Gasteiger partial charge in [-0.3, -0.25) is 0 Å². The van der Waals surface area contributed by atoms with Gasteiger partial charge in [0.1, 0.15) is 5.75 Å². The Bertz CT molecular complexity index is 714. The van der Waals surface area contributed by atoms with Crippen molar-refractivity contribution >= 4 is 0 Å². The monoisotopic (exact) mass is 291 g/mol. The largest absolute Gasteiger partial charge is 0.573 e. The van der Waals surface area contributed by atoms with Gasteiger partial charge in [0.05, 0.1) is 11.6 Å². The second kappa shape index (κ2) is 5.49. The Hall–Kier alpha value is -2.48. The molecule has 5 heteroatoms. The summed E-state index contributed by atoms with van der Waals surface area (Å²) in [5.74, 6) is -0.391. The number of rotatable bonds is 2. The zero-order chi connectivity index (χ0) is 15.6. The van der Waals surface area contributed by atoms with Gasteiger partial charge in [-0.1, -0.05) is 18.2 Å². The number of alkyl halides is 3. The Morgan fingerprint density at radius 2 is 1.81 bits per heavy atom. The second-order valence-corrected chi connectivity index (χ2v) is 4.65. The molecule has 0 atom stereocenters. The Kier molecular flexibility index (Phi) is 3.90. The first kappa shape index (κ1) is 14.9. The summed E-state index contributed by atoms with van der Waals surface area (Å²) in [7, 11) is 0. The fourth-order valence-corrected chi connectivity index (χ4v) is 2.08. The van der Waals surface area contributed by atoms with Crippen LogP contribution in [0.5, 0.6) is 5.75 Å². The highest BCUT2D eigenvalue weighted by molar-refractivity contribution is 5.71. The van der Waals surface area contributed by atoms with Crippen LogP contribution in [0.4, 0.5) is 13.2 Å².